The van der Waals surface area contributed by atoms with Gasteiger partial charge >= 0.3 is 0 Å². The van der Waals surface area contributed by atoms with Crippen LogP contribution in [0.1, 0.15) is 5.56 Å². The maximum atomic E-state index is 11.1. The maximum Gasteiger partial charge on any atom is 0.176 e. The lowest BCUT2D eigenvalue weighted by atomic mass is 10.2. The number of nitrogens with zero attached hydrogens (tertiary/aromatic N) is 2. The molecular formula is C24H22N2O3S. The van der Waals surface area contributed by atoms with E-state index in [4.69, 9.17) is 14.5 Å². The van der Waals surface area contributed by atoms with Crippen molar-refractivity contribution >= 4 is 34.4 Å². The Kier molecular flexibility index (Phi) is 6.07. The van der Waals surface area contributed by atoms with Gasteiger partial charge in [0.05, 0.1) is 19.9 Å². The molecule has 0 radical (unpaired) electrons. The van der Waals surface area contributed by atoms with Crippen LogP contribution in [0.4, 0.5) is 11.4 Å². The van der Waals surface area contributed by atoms with Crippen LogP contribution in [0.5, 0.6) is 11.5 Å². The number of anilines is 1. The third-order valence-corrected chi connectivity index (χ3v) is 5.71. The number of aliphatic hydroxyl groups is 1. The lowest BCUT2D eigenvalue weighted by Crippen LogP contribution is -2.32. The molecule has 1 fully saturated rings. The number of para-hydroxylation sites is 1. The Morgan fingerprint density at radius 2 is 1.47 bits per heavy atom. The quantitative estimate of drug-likeness (QED) is 0.609. The largest absolute Gasteiger partial charge is 0.497 e. The zero-order valence-corrected chi connectivity index (χ0v) is 17.5. The van der Waals surface area contributed by atoms with E-state index >= 15 is 0 Å². The summed E-state index contributed by atoms with van der Waals surface area (Å²) in [7, 11) is 3.28. The van der Waals surface area contributed by atoms with Crippen LogP contribution in [0.25, 0.3) is 6.08 Å². The average Bonchev–Trinajstić information content (AvgIpc) is 3.10. The van der Waals surface area contributed by atoms with E-state index in [0.29, 0.717) is 5.17 Å². The normalized spacial score (nSPS) is 18.8. The van der Waals surface area contributed by atoms with Crippen LogP contribution in [-0.2, 0) is 0 Å². The molecule has 0 aliphatic carbocycles. The second-order valence-electron chi connectivity index (χ2n) is 6.59. The lowest BCUT2D eigenvalue weighted by Gasteiger charge is -2.22. The van der Waals surface area contributed by atoms with Crippen molar-refractivity contribution in [1.29, 1.82) is 0 Å². The van der Waals surface area contributed by atoms with Crippen molar-refractivity contribution in [1.82, 2.24) is 0 Å². The molecule has 0 amide bonds. The van der Waals surface area contributed by atoms with E-state index in [0.717, 1.165) is 33.3 Å². The molecule has 0 bridgehead atoms. The fourth-order valence-electron chi connectivity index (χ4n) is 3.09. The molecule has 1 aliphatic rings. The Bertz CT molecular complexity index is 1050. The van der Waals surface area contributed by atoms with E-state index in [1.807, 2.05) is 89.8 Å². The fourth-order valence-corrected chi connectivity index (χ4v) is 4.16. The highest BCUT2D eigenvalue weighted by atomic mass is 32.2. The van der Waals surface area contributed by atoms with Crippen molar-refractivity contribution in [2.45, 2.75) is 6.23 Å². The first-order valence-electron chi connectivity index (χ1n) is 9.46. The van der Waals surface area contributed by atoms with Crippen molar-refractivity contribution in [3.05, 3.63) is 89.3 Å². The summed E-state index contributed by atoms with van der Waals surface area (Å²) in [5.41, 5.74) is 2.65. The van der Waals surface area contributed by atoms with Gasteiger partial charge in [0.2, 0.25) is 0 Å². The van der Waals surface area contributed by atoms with Crippen LogP contribution in [0.2, 0.25) is 0 Å². The van der Waals surface area contributed by atoms with Gasteiger partial charge in [-0.3, -0.25) is 4.90 Å². The number of amidine groups is 1. The van der Waals surface area contributed by atoms with Gasteiger partial charge < -0.3 is 14.6 Å². The average molecular weight is 419 g/mol. The summed E-state index contributed by atoms with van der Waals surface area (Å²) in [6, 6.07) is 25.0. The zero-order valence-electron chi connectivity index (χ0n) is 16.7. The smallest absolute Gasteiger partial charge is 0.176 e. The molecule has 4 rings (SSSR count). The first-order chi connectivity index (χ1) is 14.7. The highest BCUT2D eigenvalue weighted by Gasteiger charge is 2.34. The van der Waals surface area contributed by atoms with Crippen molar-refractivity contribution in [2.75, 3.05) is 19.1 Å². The van der Waals surface area contributed by atoms with Crippen molar-refractivity contribution < 1.29 is 14.6 Å². The molecule has 152 valence electrons. The number of hydrogen-bond donors (Lipinski definition) is 1. The Hall–Kier alpha value is -3.22. The first kappa shape index (κ1) is 20.1. The van der Waals surface area contributed by atoms with Gasteiger partial charge in [-0.2, -0.15) is 0 Å². The minimum Gasteiger partial charge on any atom is -0.497 e. The van der Waals surface area contributed by atoms with Gasteiger partial charge in [0.15, 0.2) is 11.4 Å². The summed E-state index contributed by atoms with van der Waals surface area (Å²) in [4.78, 5) is 7.43. The monoisotopic (exact) mass is 418 g/mol. The third-order valence-electron chi connectivity index (χ3n) is 4.67. The van der Waals surface area contributed by atoms with Crippen molar-refractivity contribution in [3.8, 4) is 11.5 Å². The minimum absolute atomic E-state index is 0.707. The van der Waals surface area contributed by atoms with E-state index in [9.17, 15) is 5.11 Å². The number of hydrogen-bond acceptors (Lipinski definition) is 5. The Morgan fingerprint density at radius 3 is 2.07 bits per heavy atom. The molecule has 1 N–H and O–H groups in total. The molecular weight excluding hydrogens is 396 g/mol. The topological polar surface area (TPSA) is 54.3 Å². The predicted molar refractivity (Wildman–Crippen MR) is 124 cm³/mol. The van der Waals surface area contributed by atoms with E-state index < -0.39 is 6.23 Å². The van der Waals surface area contributed by atoms with E-state index in [-0.39, 0.29) is 0 Å². The number of ether oxygens (including phenoxy) is 2. The Balaban J connectivity index is 1.70. The fraction of sp³-hybridized carbons (Fsp3) is 0.125. The van der Waals surface area contributed by atoms with E-state index in [1.54, 1.807) is 14.2 Å². The molecule has 1 unspecified atom stereocenters. The highest BCUT2D eigenvalue weighted by Crippen LogP contribution is 2.40. The summed E-state index contributed by atoms with van der Waals surface area (Å²) >= 11 is 1.46. The number of rotatable bonds is 5. The van der Waals surface area contributed by atoms with Crippen LogP contribution >= 0.6 is 11.8 Å². The number of aliphatic hydroxyl groups excluding tert-OH is 1. The molecule has 0 spiro atoms. The second-order valence-corrected chi connectivity index (χ2v) is 7.63. The van der Waals surface area contributed by atoms with Gasteiger partial charge in [-0.15, -0.1) is 0 Å². The third kappa shape index (κ3) is 4.35. The summed E-state index contributed by atoms with van der Waals surface area (Å²) in [5.74, 6) is 1.57. The molecule has 5 nitrogen and oxygen atoms in total. The van der Waals surface area contributed by atoms with Crippen LogP contribution in [-0.4, -0.2) is 30.7 Å². The van der Waals surface area contributed by atoms with Gasteiger partial charge in [-0.05, 0) is 60.2 Å². The van der Waals surface area contributed by atoms with Gasteiger partial charge in [-0.1, -0.05) is 42.1 Å². The SMILES string of the molecule is COc1ccc(/C=C2\S/C(=N\c3ccc(OC)cc3)N(c3ccccc3)C2O)cc1. The highest BCUT2D eigenvalue weighted by molar-refractivity contribution is 8.18. The molecule has 1 aliphatic heterocycles. The molecule has 1 saturated heterocycles. The first-order valence-corrected chi connectivity index (χ1v) is 10.3. The Labute approximate surface area is 180 Å². The number of aliphatic imine (C=N–C) groups is 1. The van der Waals surface area contributed by atoms with E-state index in [2.05, 4.69) is 0 Å². The Morgan fingerprint density at radius 1 is 0.867 bits per heavy atom. The molecule has 1 atom stereocenters. The van der Waals surface area contributed by atoms with Gasteiger partial charge in [0, 0.05) is 10.6 Å². The molecule has 6 heteroatoms. The summed E-state index contributed by atoms with van der Waals surface area (Å²) in [6.45, 7) is 0. The van der Waals surface area contributed by atoms with Gasteiger partial charge in [0.1, 0.15) is 11.5 Å². The number of thioether (sulfide) groups is 1. The summed E-state index contributed by atoms with van der Waals surface area (Å²) in [6.07, 6.45) is 1.15. The van der Waals surface area contributed by atoms with Crippen LogP contribution in [0.15, 0.2) is 88.8 Å². The second kappa shape index (κ2) is 9.07. The summed E-state index contributed by atoms with van der Waals surface area (Å²) < 4.78 is 10.4. The molecule has 1 heterocycles. The molecule has 0 saturated carbocycles. The van der Waals surface area contributed by atoms with Gasteiger partial charge in [-0.25, -0.2) is 4.99 Å². The number of benzene rings is 3. The van der Waals surface area contributed by atoms with E-state index in [1.165, 1.54) is 11.8 Å². The summed E-state index contributed by atoms with van der Waals surface area (Å²) in [5, 5.41) is 11.8. The standard InChI is InChI=1S/C24H22N2O3S/c1-28-20-12-8-17(9-13-20)16-22-23(27)26(19-6-4-3-5-7-19)24(30-22)25-18-10-14-21(29-2)15-11-18/h3-16,23,27H,1-2H3/b22-16-,25-24-. The molecule has 0 aromatic heterocycles. The number of methoxy groups -OCH3 is 2. The molecule has 3 aromatic rings. The van der Waals surface area contributed by atoms with Crippen molar-refractivity contribution in [3.63, 3.8) is 0 Å². The maximum absolute atomic E-state index is 11.1. The molecule has 30 heavy (non-hydrogen) atoms. The molecule has 3 aromatic carbocycles. The van der Waals surface area contributed by atoms with Crippen LogP contribution < -0.4 is 14.4 Å². The van der Waals surface area contributed by atoms with Gasteiger partial charge in [0.25, 0.3) is 0 Å². The van der Waals surface area contributed by atoms with Crippen molar-refractivity contribution in [2.24, 2.45) is 4.99 Å². The van der Waals surface area contributed by atoms with Crippen LogP contribution in [0.3, 0.4) is 0 Å². The minimum atomic E-state index is -0.823. The lowest BCUT2D eigenvalue weighted by molar-refractivity contribution is 0.233. The predicted octanol–water partition coefficient (Wildman–Crippen LogP) is 5.30. The van der Waals surface area contributed by atoms with Crippen LogP contribution in [0, 0.1) is 0 Å². The zero-order chi connectivity index (χ0) is 20.9.